The fourth-order valence-electron chi connectivity index (χ4n) is 2.71. The fourth-order valence-corrected chi connectivity index (χ4v) is 3.42. The molecular formula is C20H16FN5O3S. The van der Waals surface area contributed by atoms with Crippen molar-refractivity contribution < 1.29 is 13.7 Å². The molecule has 0 aliphatic carbocycles. The number of carbonyl (C=O) groups is 1. The second kappa shape index (κ2) is 8.78. The average molecular weight is 425 g/mol. The summed E-state index contributed by atoms with van der Waals surface area (Å²) in [5.74, 6) is -0.881. The number of thiophene rings is 1. The monoisotopic (exact) mass is 425 g/mol. The summed E-state index contributed by atoms with van der Waals surface area (Å²) in [7, 11) is 0. The first-order valence-electron chi connectivity index (χ1n) is 9.06. The molecule has 4 aromatic rings. The number of carbonyl (C=O) groups excluding carboxylic acids is 1. The van der Waals surface area contributed by atoms with E-state index in [0.717, 1.165) is 9.56 Å². The molecule has 0 bridgehead atoms. The van der Waals surface area contributed by atoms with Gasteiger partial charge >= 0.3 is 11.8 Å². The second-order valence-electron chi connectivity index (χ2n) is 6.32. The number of benzene rings is 1. The van der Waals surface area contributed by atoms with Crippen molar-refractivity contribution in [3.05, 3.63) is 86.7 Å². The summed E-state index contributed by atoms with van der Waals surface area (Å²) in [6, 6.07) is 12.6. The zero-order valence-corrected chi connectivity index (χ0v) is 16.4. The zero-order chi connectivity index (χ0) is 20.9. The van der Waals surface area contributed by atoms with Gasteiger partial charge in [-0.3, -0.25) is 9.59 Å². The van der Waals surface area contributed by atoms with Gasteiger partial charge in [-0.1, -0.05) is 11.2 Å². The first-order valence-corrected chi connectivity index (χ1v) is 9.94. The number of hydrogen-bond acceptors (Lipinski definition) is 7. The van der Waals surface area contributed by atoms with E-state index >= 15 is 0 Å². The van der Waals surface area contributed by atoms with Crippen LogP contribution in [0.2, 0.25) is 0 Å². The van der Waals surface area contributed by atoms with Crippen LogP contribution in [0, 0.1) is 5.82 Å². The molecule has 8 nitrogen and oxygen atoms in total. The molecule has 0 saturated carbocycles. The van der Waals surface area contributed by atoms with E-state index in [1.807, 2.05) is 17.5 Å². The van der Waals surface area contributed by atoms with Gasteiger partial charge in [0.1, 0.15) is 12.4 Å². The van der Waals surface area contributed by atoms with Gasteiger partial charge in [0.15, 0.2) is 5.82 Å². The van der Waals surface area contributed by atoms with E-state index in [-0.39, 0.29) is 29.6 Å². The molecule has 1 aromatic carbocycles. The molecule has 0 unspecified atom stereocenters. The lowest BCUT2D eigenvalue weighted by atomic mass is 10.1. The van der Waals surface area contributed by atoms with Crippen LogP contribution >= 0.6 is 11.3 Å². The van der Waals surface area contributed by atoms with E-state index in [0.29, 0.717) is 24.2 Å². The van der Waals surface area contributed by atoms with E-state index in [2.05, 4.69) is 20.6 Å². The van der Waals surface area contributed by atoms with Crippen molar-refractivity contribution in [3.63, 3.8) is 0 Å². The van der Waals surface area contributed by atoms with E-state index in [1.54, 1.807) is 29.5 Å². The smallest absolute Gasteiger partial charge is 0.316 e. The van der Waals surface area contributed by atoms with Gasteiger partial charge in [0, 0.05) is 23.1 Å². The first kappa shape index (κ1) is 19.6. The van der Waals surface area contributed by atoms with Crippen molar-refractivity contribution in [2.24, 2.45) is 0 Å². The maximum atomic E-state index is 13.1. The minimum atomic E-state index is -0.481. The van der Waals surface area contributed by atoms with E-state index in [4.69, 9.17) is 4.52 Å². The normalized spacial score (nSPS) is 10.8. The topological polar surface area (TPSA) is 103 Å². The van der Waals surface area contributed by atoms with Crippen LogP contribution in [-0.4, -0.2) is 32.4 Å². The highest BCUT2D eigenvalue weighted by molar-refractivity contribution is 7.09. The molecule has 3 aromatic heterocycles. The molecule has 0 radical (unpaired) electrons. The highest BCUT2D eigenvalue weighted by Gasteiger charge is 2.16. The summed E-state index contributed by atoms with van der Waals surface area (Å²) in [4.78, 5) is 29.5. The second-order valence-corrected chi connectivity index (χ2v) is 7.35. The van der Waals surface area contributed by atoms with Crippen molar-refractivity contribution in [1.29, 1.82) is 0 Å². The molecule has 0 saturated heterocycles. The van der Waals surface area contributed by atoms with Crippen LogP contribution in [0.15, 0.2) is 63.2 Å². The molecule has 0 fully saturated rings. The Labute approximate surface area is 174 Å². The van der Waals surface area contributed by atoms with Gasteiger partial charge in [0.2, 0.25) is 0 Å². The van der Waals surface area contributed by atoms with Crippen LogP contribution < -0.4 is 10.9 Å². The maximum Gasteiger partial charge on any atom is 0.316 e. The Morgan fingerprint density at radius 3 is 2.77 bits per heavy atom. The number of halogens is 1. The minimum absolute atomic E-state index is 0.0696. The molecule has 10 heteroatoms. The first-order chi connectivity index (χ1) is 14.6. The molecule has 0 aliphatic rings. The van der Waals surface area contributed by atoms with Gasteiger partial charge < -0.3 is 9.84 Å². The number of nitrogens with one attached hydrogen (secondary N) is 1. The number of amides is 1. The van der Waals surface area contributed by atoms with Crippen molar-refractivity contribution in [2.45, 2.75) is 13.0 Å². The third-order valence-electron chi connectivity index (χ3n) is 4.20. The molecule has 0 atom stereocenters. The van der Waals surface area contributed by atoms with Crippen LogP contribution in [0.1, 0.15) is 21.4 Å². The predicted molar refractivity (Wildman–Crippen MR) is 108 cm³/mol. The molecule has 1 amide bonds. The fraction of sp³-hybridized carbons (Fsp3) is 0.150. The summed E-state index contributed by atoms with van der Waals surface area (Å²) in [6.07, 6.45) is 0.708. The van der Waals surface area contributed by atoms with Gasteiger partial charge in [0.25, 0.3) is 5.56 Å². The number of hydrogen-bond donors (Lipinski definition) is 1. The number of nitrogens with zero attached hydrogens (tertiary/aromatic N) is 4. The lowest BCUT2D eigenvalue weighted by Crippen LogP contribution is -2.26. The molecule has 3 heterocycles. The van der Waals surface area contributed by atoms with Gasteiger partial charge in [-0.05, 0) is 48.2 Å². The van der Waals surface area contributed by atoms with Crippen LogP contribution in [0.4, 0.5) is 4.39 Å². The largest absolute Gasteiger partial charge is 0.347 e. The van der Waals surface area contributed by atoms with Crippen molar-refractivity contribution >= 4 is 17.2 Å². The summed E-state index contributed by atoms with van der Waals surface area (Å²) >= 11 is 1.62. The van der Waals surface area contributed by atoms with Crippen LogP contribution in [0.5, 0.6) is 0 Å². The summed E-state index contributed by atoms with van der Waals surface area (Å²) in [5, 5.41) is 12.7. The molecule has 0 spiro atoms. The Hall–Kier alpha value is -3.66. The molecule has 0 aliphatic heterocycles. The summed E-state index contributed by atoms with van der Waals surface area (Å²) in [6.45, 7) is 0.373. The summed E-state index contributed by atoms with van der Waals surface area (Å²) < 4.78 is 19.3. The van der Waals surface area contributed by atoms with E-state index in [1.165, 1.54) is 18.2 Å². The predicted octanol–water partition coefficient (Wildman–Crippen LogP) is 2.51. The average Bonchev–Trinajstić information content (AvgIpc) is 3.42. The number of rotatable bonds is 7. The van der Waals surface area contributed by atoms with Gasteiger partial charge in [-0.2, -0.15) is 10.1 Å². The standard InChI is InChI=1S/C20H16FN5O3S/c21-14-5-3-13(4-6-14)16-7-8-18(27)26(24-16)12-17-23-20(29-25-17)19(28)22-10-9-15-2-1-11-30-15/h1-8,11H,9-10,12H2,(H,22,28). The van der Waals surface area contributed by atoms with E-state index in [9.17, 15) is 14.0 Å². The Morgan fingerprint density at radius 1 is 1.17 bits per heavy atom. The Bertz CT molecular complexity index is 1200. The molecular weight excluding hydrogens is 409 g/mol. The van der Waals surface area contributed by atoms with Crippen molar-refractivity contribution in [1.82, 2.24) is 25.2 Å². The third-order valence-corrected chi connectivity index (χ3v) is 5.13. The van der Waals surface area contributed by atoms with Crippen molar-refractivity contribution in [3.8, 4) is 11.3 Å². The molecule has 30 heavy (non-hydrogen) atoms. The molecule has 4 rings (SSSR count). The minimum Gasteiger partial charge on any atom is -0.347 e. The lowest BCUT2D eigenvalue weighted by molar-refractivity contribution is 0.0910. The van der Waals surface area contributed by atoms with Gasteiger partial charge in [-0.15, -0.1) is 11.3 Å². The molecule has 1 N–H and O–H groups in total. The van der Waals surface area contributed by atoms with Gasteiger partial charge in [-0.25, -0.2) is 9.07 Å². The third kappa shape index (κ3) is 4.66. The van der Waals surface area contributed by atoms with Crippen LogP contribution in [-0.2, 0) is 13.0 Å². The summed E-state index contributed by atoms with van der Waals surface area (Å²) in [5.41, 5.74) is 0.779. The van der Waals surface area contributed by atoms with Gasteiger partial charge in [0.05, 0.1) is 5.69 Å². The SMILES string of the molecule is O=C(NCCc1cccs1)c1nc(Cn2nc(-c3ccc(F)cc3)ccc2=O)no1. The maximum absolute atomic E-state index is 13.1. The highest BCUT2D eigenvalue weighted by atomic mass is 32.1. The van der Waals surface area contributed by atoms with Crippen LogP contribution in [0.3, 0.4) is 0 Å². The van der Waals surface area contributed by atoms with E-state index < -0.39 is 5.91 Å². The van der Waals surface area contributed by atoms with Crippen LogP contribution in [0.25, 0.3) is 11.3 Å². The zero-order valence-electron chi connectivity index (χ0n) is 15.6. The highest BCUT2D eigenvalue weighted by Crippen LogP contribution is 2.15. The van der Waals surface area contributed by atoms with Crippen molar-refractivity contribution in [2.75, 3.05) is 6.54 Å². The number of aromatic nitrogens is 4. The Balaban J connectivity index is 1.43. The lowest BCUT2D eigenvalue weighted by Gasteiger charge is -2.05. The molecule has 152 valence electrons. The quantitative estimate of drug-likeness (QED) is 0.488. The Morgan fingerprint density at radius 2 is 2.00 bits per heavy atom. The Kier molecular flexibility index (Phi) is 5.75.